The average molecular weight is 380 g/mol. The minimum Gasteiger partial charge on any atom is -0.467 e. The minimum absolute atomic E-state index is 0.244. The van der Waals surface area contributed by atoms with E-state index in [-0.39, 0.29) is 6.04 Å². The normalized spacial score (nSPS) is 17.0. The van der Waals surface area contributed by atoms with Gasteiger partial charge in [0, 0.05) is 32.7 Å². The Morgan fingerprint density at radius 2 is 1.82 bits per heavy atom. The maximum absolute atomic E-state index is 5.48. The van der Waals surface area contributed by atoms with Crippen LogP contribution in [0, 0.1) is 0 Å². The molecule has 0 amide bonds. The fourth-order valence-electron chi connectivity index (χ4n) is 3.94. The van der Waals surface area contributed by atoms with Crippen molar-refractivity contribution in [1.82, 2.24) is 30.0 Å². The summed E-state index contributed by atoms with van der Waals surface area (Å²) in [6, 6.07) is 14.8. The van der Waals surface area contributed by atoms with Gasteiger partial charge in [-0.05, 0) is 34.5 Å². The van der Waals surface area contributed by atoms with Gasteiger partial charge in [0.1, 0.15) is 12.3 Å². The van der Waals surface area contributed by atoms with E-state index in [2.05, 4.69) is 62.6 Å². The van der Waals surface area contributed by atoms with E-state index in [0.29, 0.717) is 6.54 Å². The van der Waals surface area contributed by atoms with Crippen molar-refractivity contribution >= 4 is 0 Å². The van der Waals surface area contributed by atoms with Crippen LogP contribution in [0.15, 0.2) is 53.1 Å². The van der Waals surface area contributed by atoms with E-state index in [1.165, 1.54) is 5.56 Å². The first kappa shape index (κ1) is 18.8. The lowest BCUT2D eigenvalue weighted by Crippen LogP contribution is -2.47. The second-order valence-electron chi connectivity index (χ2n) is 7.38. The molecule has 3 heterocycles. The van der Waals surface area contributed by atoms with Gasteiger partial charge in [-0.1, -0.05) is 43.7 Å². The maximum atomic E-state index is 5.48. The van der Waals surface area contributed by atoms with E-state index in [4.69, 9.17) is 4.42 Å². The summed E-state index contributed by atoms with van der Waals surface area (Å²) in [7, 11) is 0. The van der Waals surface area contributed by atoms with Crippen molar-refractivity contribution in [1.29, 1.82) is 0 Å². The quantitative estimate of drug-likeness (QED) is 0.599. The molecule has 1 aromatic carbocycles. The molecular weight excluding hydrogens is 352 g/mol. The average Bonchev–Trinajstić information content (AvgIpc) is 3.40. The molecule has 7 heteroatoms. The summed E-state index contributed by atoms with van der Waals surface area (Å²) in [6.45, 7) is 8.01. The van der Waals surface area contributed by atoms with Gasteiger partial charge in [-0.25, -0.2) is 4.68 Å². The molecule has 1 aliphatic rings. The predicted molar refractivity (Wildman–Crippen MR) is 107 cm³/mol. The van der Waals surface area contributed by atoms with Crippen LogP contribution in [0.1, 0.15) is 43.0 Å². The molecule has 1 fully saturated rings. The van der Waals surface area contributed by atoms with Crippen LogP contribution in [-0.4, -0.2) is 56.2 Å². The molecule has 7 nitrogen and oxygen atoms in total. The Morgan fingerprint density at radius 1 is 1.00 bits per heavy atom. The summed E-state index contributed by atoms with van der Waals surface area (Å²) in [4.78, 5) is 5.07. The zero-order chi connectivity index (χ0) is 19.2. The Balaban J connectivity index is 1.41. The lowest BCUT2D eigenvalue weighted by Gasteiger charge is -2.38. The van der Waals surface area contributed by atoms with Crippen LogP contribution in [0.25, 0.3) is 0 Å². The number of hydrogen-bond donors (Lipinski definition) is 0. The molecule has 3 aromatic rings. The van der Waals surface area contributed by atoms with Gasteiger partial charge in [-0.15, -0.1) is 5.10 Å². The summed E-state index contributed by atoms with van der Waals surface area (Å²) in [6.07, 6.45) is 3.84. The van der Waals surface area contributed by atoms with Crippen LogP contribution in [0.2, 0.25) is 0 Å². The van der Waals surface area contributed by atoms with Crippen LogP contribution in [0.3, 0.4) is 0 Å². The van der Waals surface area contributed by atoms with E-state index < -0.39 is 0 Å². The van der Waals surface area contributed by atoms with Gasteiger partial charge >= 0.3 is 0 Å². The van der Waals surface area contributed by atoms with Crippen LogP contribution in [0.4, 0.5) is 0 Å². The van der Waals surface area contributed by atoms with Crippen LogP contribution >= 0.6 is 0 Å². The van der Waals surface area contributed by atoms with E-state index in [9.17, 15) is 0 Å². The van der Waals surface area contributed by atoms with Crippen molar-refractivity contribution in [2.45, 2.75) is 38.9 Å². The van der Waals surface area contributed by atoms with Crippen LogP contribution < -0.4 is 0 Å². The molecule has 148 valence electrons. The molecule has 1 atom stereocenters. The number of benzene rings is 1. The molecule has 28 heavy (non-hydrogen) atoms. The number of tetrazole rings is 1. The number of hydrogen-bond acceptors (Lipinski definition) is 6. The second kappa shape index (κ2) is 9.12. The molecule has 0 bridgehead atoms. The first-order valence-corrected chi connectivity index (χ1v) is 10.1. The summed E-state index contributed by atoms with van der Waals surface area (Å²) < 4.78 is 7.37. The van der Waals surface area contributed by atoms with Gasteiger partial charge in [0.25, 0.3) is 0 Å². The van der Waals surface area contributed by atoms with Crippen molar-refractivity contribution in [2.75, 3.05) is 26.2 Å². The Morgan fingerprint density at radius 3 is 2.54 bits per heavy atom. The first-order valence-electron chi connectivity index (χ1n) is 10.1. The molecule has 0 N–H and O–H groups in total. The smallest absolute Gasteiger partial charge is 0.168 e. The van der Waals surface area contributed by atoms with Gasteiger partial charge in [0.05, 0.1) is 12.3 Å². The summed E-state index contributed by atoms with van der Waals surface area (Å²) in [5.74, 6) is 1.81. The third kappa shape index (κ3) is 4.48. The molecule has 0 spiro atoms. The molecule has 2 aromatic heterocycles. The van der Waals surface area contributed by atoms with Crippen molar-refractivity contribution < 1.29 is 4.42 Å². The van der Waals surface area contributed by atoms with E-state index in [1.54, 1.807) is 6.26 Å². The summed E-state index contributed by atoms with van der Waals surface area (Å²) in [5, 5.41) is 12.6. The Kier molecular flexibility index (Phi) is 6.14. The van der Waals surface area contributed by atoms with Crippen molar-refractivity contribution in [2.24, 2.45) is 0 Å². The number of aromatic nitrogens is 4. The van der Waals surface area contributed by atoms with E-state index in [0.717, 1.165) is 57.2 Å². The highest BCUT2D eigenvalue weighted by Crippen LogP contribution is 2.26. The molecule has 0 aliphatic carbocycles. The second-order valence-corrected chi connectivity index (χ2v) is 7.38. The highest BCUT2D eigenvalue weighted by molar-refractivity contribution is 5.14. The highest BCUT2D eigenvalue weighted by Gasteiger charge is 2.28. The van der Waals surface area contributed by atoms with Crippen molar-refractivity contribution in [3.63, 3.8) is 0 Å². The van der Waals surface area contributed by atoms with Gasteiger partial charge < -0.3 is 4.42 Å². The topological polar surface area (TPSA) is 63.2 Å². The molecule has 1 saturated heterocycles. The third-order valence-electron chi connectivity index (χ3n) is 5.40. The lowest BCUT2D eigenvalue weighted by molar-refractivity contribution is 0.0819. The molecule has 1 aliphatic heterocycles. The van der Waals surface area contributed by atoms with Crippen molar-refractivity contribution in [3.8, 4) is 0 Å². The molecule has 0 radical (unpaired) electrons. The Bertz CT molecular complexity index is 824. The first-order chi connectivity index (χ1) is 13.8. The lowest BCUT2D eigenvalue weighted by atomic mass is 10.1. The number of rotatable bonds is 8. The van der Waals surface area contributed by atoms with Gasteiger partial charge in [0.15, 0.2) is 5.82 Å². The third-order valence-corrected chi connectivity index (χ3v) is 5.40. The minimum atomic E-state index is 0.244. The monoisotopic (exact) mass is 380 g/mol. The summed E-state index contributed by atoms with van der Waals surface area (Å²) in [5.41, 5.74) is 1.38. The van der Waals surface area contributed by atoms with E-state index in [1.807, 2.05) is 16.8 Å². The highest BCUT2D eigenvalue weighted by atomic mass is 16.3. The Labute approximate surface area is 165 Å². The molecular formula is C21H28N6O. The number of piperazine rings is 1. The zero-order valence-corrected chi connectivity index (χ0v) is 16.4. The number of nitrogens with zero attached hydrogens (tertiary/aromatic N) is 6. The van der Waals surface area contributed by atoms with Crippen molar-refractivity contribution in [3.05, 3.63) is 65.9 Å². The Hall–Kier alpha value is -2.51. The predicted octanol–water partition coefficient (Wildman–Crippen LogP) is 2.97. The van der Waals surface area contributed by atoms with Gasteiger partial charge in [-0.2, -0.15) is 0 Å². The standard InChI is InChI=1S/C21H28N6O/c1-2-7-20(21-22-23-24-27(21)17-19-10-6-15-28-19)26-13-11-25(12-14-26)16-18-8-4-3-5-9-18/h3-6,8-10,15,20H,2,7,11-14,16-17H2,1H3/t20-/m0/s1. The van der Waals surface area contributed by atoms with Gasteiger partial charge in [-0.3, -0.25) is 9.80 Å². The number of furan rings is 1. The van der Waals surface area contributed by atoms with Crippen LogP contribution in [0.5, 0.6) is 0 Å². The fraction of sp³-hybridized carbons (Fsp3) is 0.476. The fourth-order valence-corrected chi connectivity index (χ4v) is 3.94. The van der Waals surface area contributed by atoms with Crippen LogP contribution in [-0.2, 0) is 13.1 Å². The van der Waals surface area contributed by atoms with E-state index >= 15 is 0 Å². The van der Waals surface area contributed by atoms with Gasteiger partial charge in [0.2, 0.25) is 0 Å². The maximum Gasteiger partial charge on any atom is 0.168 e. The summed E-state index contributed by atoms with van der Waals surface area (Å²) >= 11 is 0. The molecule has 0 unspecified atom stereocenters. The zero-order valence-electron chi connectivity index (χ0n) is 16.4. The SMILES string of the molecule is CCC[C@@H](c1nnnn1Cc1ccco1)N1CCN(Cc2ccccc2)CC1. The largest absolute Gasteiger partial charge is 0.467 e. The molecule has 0 saturated carbocycles. The molecule has 4 rings (SSSR count).